The van der Waals surface area contributed by atoms with Gasteiger partial charge in [-0.1, -0.05) is 29.8 Å². The molecule has 0 saturated carbocycles. The quantitative estimate of drug-likeness (QED) is 0.348. The molecule has 8 heteroatoms. The number of likely N-dealkylation sites (tertiary alicyclic amines) is 1. The van der Waals surface area contributed by atoms with Crippen LogP contribution < -0.4 is 4.74 Å². The van der Waals surface area contributed by atoms with Crippen LogP contribution in [0.3, 0.4) is 0 Å². The SMILES string of the molecule is CCOc1cccc([C@H]2C3=CC[C@@H]4C(=O)N(Cc5cccs5)C(=O)[C@@H]4[C@@H]3CC3=C2C(=O)C(C)=CC3=O)c1O. The number of rotatable bonds is 5. The molecule has 3 aliphatic carbocycles. The van der Waals surface area contributed by atoms with E-state index in [1.54, 1.807) is 25.1 Å². The van der Waals surface area contributed by atoms with Crippen LogP contribution in [0.5, 0.6) is 11.5 Å². The number of fused-ring (bicyclic) bond motifs is 3. The van der Waals surface area contributed by atoms with Crippen LogP contribution in [-0.2, 0) is 25.7 Å². The Balaban J connectivity index is 1.48. The Morgan fingerprint density at radius 1 is 1.08 bits per heavy atom. The molecule has 2 amide bonds. The van der Waals surface area contributed by atoms with Gasteiger partial charge < -0.3 is 9.84 Å². The summed E-state index contributed by atoms with van der Waals surface area (Å²) < 4.78 is 5.62. The van der Waals surface area contributed by atoms with Gasteiger partial charge in [0.1, 0.15) is 0 Å². The van der Waals surface area contributed by atoms with Gasteiger partial charge in [0.25, 0.3) is 0 Å². The number of phenols is 1. The lowest BCUT2D eigenvalue weighted by atomic mass is 9.59. The van der Waals surface area contributed by atoms with Crippen LogP contribution in [0.15, 0.2) is 70.2 Å². The number of imide groups is 1. The maximum absolute atomic E-state index is 13.8. The number of para-hydroxylation sites is 1. The smallest absolute Gasteiger partial charge is 0.234 e. The van der Waals surface area contributed by atoms with Crippen molar-refractivity contribution in [2.75, 3.05) is 6.61 Å². The van der Waals surface area contributed by atoms with E-state index in [2.05, 4.69) is 0 Å². The lowest BCUT2D eigenvalue weighted by Crippen LogP contribution is -2.39. The Kier molecular flexibility index (Phi) is 5.94. The summed E-state index contributed by atoms with van der Waals surface area (Å²) in [6.07, 6.45) is 3.89. The van der Waals surface area contributed by atoms with Crippen LogP contribution in [-0.4, -0.2) is 40.0 Å². The first kappa shape index (κ1) is 24.6. The van der Waals surface area contributed by atoms with E-state index in [0.717, 1.165) is 10.5 Å². The molecule has 1 aliphatic heterocycles. The van der Waals surface area contributed by atoms with Crippen LogP contribution >= 0.6 is 11.3 Å². The Morgan fingerprint density at radius 3 is 2.63 bits per heavy atom. The van der Waals surface area contributed by atoms with Crippen molar-refractivity contribution in [2.45, 2.75) is 39.2 Å². The number of allylic oxidation sites excluding steroid dienone is 6. The molecule has 1 fully saturated rings. The van der Waals surface area contributed by atoms with Gasteiger partial charge in [-0.25, -0.2) is 0 Å². The molecule has 194 valence electrons. The molecular formula is C30H27NO6S. The number of Topliss-reactive ketones (excluding diaryl/α,β-unsaturated/α-hetero) is 1. The third kappa shape index (κ3) is 3.61. The molecule has 0 bridgehead atoms. The second kappa shape index (κ2) is 9.20. The predicted octanol–water partition coefficient (Wildman–Crippen LogP) is 4.48. The molecule has 0 unspecified atom stereocenters. The van der Waals surface area contributed by atoms with Crippen LogP contribution in [0.2, 0.25) is 0 Å². The van der Waals surface area contributed by atoms with E-state index >= 15 is 0 Å². The van der Waals surface area contributed by atoms with Gasteiger partial charge in [-0.2, -0.15) is 0 Å². The molecular weight excluding hydrogens is 502 g/mol. The van der Waals surface area contributed by atoms with E-state index in [1.165, 1.54) is 22.3 Å². The monoisotopic (exact) mass is 529 g/mol. The molecule has 2 heterocycles. The van der Waals surface area contributed by atoms with Gasteiger partial charge in [-0.05, 0) is 56.2 Å². The molecule has 0 spiro atoms. The number of carbonyl (C=O) groups is 4. The van der Waals surface area contributed by atoms with Gasteiger partial charge in [-0.15, -0.1) is 11.3 Å². The van der Waals surface area contributed by atoms with Crippen LogP contribution in [0.1, 0.15) is 43.0 Å². The molecule has 4 aliphatic rings. The fourth-order valence-corrected chi connectivity index (χ4v) is 7.23. The second-order valence-corrected chi connectivity index (χ2v) is 11.2. The van der Waals surface area contributed by atoms with Crippen molar-refractivity contribution < 1.29 is 29.0 Å². The van der Waals surface area contributed by atoms with Gasteiger partial charge in [0.15, 0.2) is 23.1 Å². The summed E-state index contributed by atoms with van der Waals surface area (Å²) in [5, 5.41) is 13.1. The highest BCUT2D eigenvalue weighted by Crippen LogP contribution is 2.56. The summed E-state index contributed by atoms with van der Waals surface area (Å²) in [7, 11) is 0. The molecule has 4 atom stereocenters. The summed E-state index contributed by atoms with van der Waals surface area (Å²) in [4.78, 5) is 56.2. The summed E-state index contributed by atoms with van der Waals surface area (Å²) in [5.74, 6) is -2.98. The minimum Gasteiger partial charge on any atom is -0.504 e. The summed E-state index contributed by atoms with van der Waals surface area (Å²) in [6, 6.07) is 8.94. The highest BCUT2D eigenvalue weighted by atomic mass is 32.1. The first-order valence-electron chi connectivity index (χ1n) is 12.8. The van der Waals surface area contributed by atoms with E-state index in [-0.39, 0.29) is 42.1 Å². The number of ether oxygens (including phenoxy) is 1. The average molecular weight is 530 g/mol. The zero-order valence-electron chi connectivity index (χ0n) is 21.1. The molecule has 6 rings (SSSR count). The Morgan fingerprint density at radius 2 is 1.89 bits per heavy atom. The van der Waals surface area contributed by atoms with Gasteiger partial charge in [0.2, 0.25) is 11.8 Å². The first-order valence-corrected chi connectivity index (χ1v) is 13.7. The number of benzene rings is 1. The molecule has 1 aromatic carbocycles. The van der Waals surface area contributed by atoms with Crippen molar-refractivity contribution in [3.8, 4) is 11.5 Å². The Labute approximate surface area is 224 Å². The number of aromatic hydroxyl groups is 1. The highest BCUT2D eigenvalue weighted by molar-refractivity contribution is 7.09. The van der Waals surface area contributed by atoms with Gasteiger partial charge in [0, 0.05) is 33.1 Å². The maximum atomic E-state index is 13.8. The third-order valence-electron chi connectivity index (χ3n) is 8.19. The third-order valence-corrected chi connectivity index (χ3v) is 9.05. The number of ketones is 2. The van der Waals surface area contributed by atoms with Crippen molar-refractivity contribution in [3.63, 3.8) is 0 Å². The number of hydrogen-bond donors (Lipinski definition) is 1. The first-order chi connectivity index (χ1) is 18.3. The van der Waals surface area contributed by atoms with Crippen molar-refractivity contribution >= 4 is 34.7 Å². The fraction of sp³-hybridized carbons (Fsp3) is 0.333. The van der Waals surface area contributed by atoms with E-state index in [0.29, 0.717) is 41.1 Å². The normalized spacial score (nSPS) is 26.6. The summed E-state index contributed by atoms with van der Waals surface area (Å²) in [6.45, 7) is 4.02. The number of nitrogens with zero attached hydrogens (tertiary/aromatic N) is 1. The van der Waals surface area contributed by atoms with Gasteiger partial charge in [-0.3, -0.25) is 24.1 Å². The fourth-order valence-electron chi connectivity index (χ4n) is 6.54. The minimum absolute atomic E-state index is 0.0875. The van der Waals surface area contributed by atoms with Crippen molar-refractivity contribution in [1.82, 2.24) is 4.90 Å². The van der Waals surface area contributed by atoms with Gasteiger partial charge in [0.05, 0.1) is 25.0 Å². The zero-order chi connectivity index (χ0) is 26.7. The Hall–Kier alpha value is -3.78. The molecule has 7 nitrogen and oxygen atoms in total. The molecule has 1 aromatic heterocycles. The molecule has 2 aromatic rings. The van der Waals surface area contributed by atoms with Crippen LogP contribution in [0, 0.1) is 17.8 Å². The van der Waals surface area contributed by atoms with Crippen molar-refractivity contribution in [3.05, 3.63) is 80.6 Å². The number of hydrogen-bond acceptors (Lipinski definition) is 7. The van der Waals surface area contributed by atoms with E-state index in [1.807, 2.05) is 30.5 Å². The second-order valence-electron chi connectivity index (χ2n) is 10.2. The van der Waals surface area contributed by atoms with Crippen molar-refractivity contribution in [2.24, 2.45) is 17.8 Å². The van der Waals surface area contributed by atoms with E-state index in [4.69, 9.17) is 4.74 Å². The highest BCUT2D eigenvalue weighted by Gasteiger charge is 2.56. The lowest BCUT2D eigenvalue weighted by Gasteiger charge is -2.42. The lowest BCUT2D eigenvalue weighted by molar-refractivity contribution is -0.140. The minimum atomic E-state index is -0.709. The molecule has 38 heavy (non-hydrogen) atoms. The topological polar surface area (TPSA) is 101 Å². The standard InChI is InChI=1S/C30H27NO6S/c1-3-37-23-8-4-7-18(28(23)34)24-17-9-10-19-25(30(36)31(29(19)35)14-16-6-5-11-38-16)20(17)13-21-22(32)12-15(2)27(33)26(21)24/h4-9,11-12,19-20,24-25,34H,3,10,13-14H2,1-2H3/t19-,20+,24+,25-/m0/s1. The predicted molar refractivity (Wildman–Crippen MR) is 140 cm³/mol. The average Bonchev–Trinajstić information content (AvgIpc) is 3.50. The Bertz CT molecular complexity index is 1480. The van der Waals surface area contributed by atoms with Crippen molar-refractivity contribution in [1.29, 1.82) is 0 Å². The van der Waals surface area contributed by atoms with Crippen LogP contribution in [0.25, 0.3) is 0 Å². The summed E-state index contributed by atoms with van der Waals surface area (Å²) >= 11 is 1.50. The van der Waals surface area contributed by atoms with Crippen LogP contribution in [0.4, 0.5) is 0 Å². The van der Waals surface area contributed by atoms with E-state index in [9.17, 15) is 24.3 Å². The van der Waals surface area contributed by atoms with E-state index < -0.39 is 23.7 Å². The molecule has 0 radical (unpaired) electrons. The number of amides is 2. The number of thiophene rings is 1. The molecule has 1 saturated heterocycles. The molecule has 1 N–H and O–H groups in total. The zero-order valence-corrected chi connectivity index (χ0v) is 21.9. The number of carbonyl (C=O) groups excluding carboxylic acids is 4. The number of phenolic OH excluding ortho intramolecular Hbond substituents is 1. The van der Waals surface area contributed by atoms with Gasteiger partial charge >= 0.3 is 0 Å². The summed E-state index contributed by atoms with van der Waals surface area (Å²) in [5.41, 5.74) is 2.34. The maximum Gasteiger partial charge on any atom is 0.234 e. The largest absolute Gasteiger partial charge is 0.504 e.